The van der Waals surface area contributed by atoms with Gasteiger partial charge in [0.2, 0.25) is 5.91 Å². The first kappa shape index (κ1) is 16.9. The monoisotopic (exact) mass is 344 g/mol. The van der Waals surface area contributed by atoms with E-state index < -0.39 is 0 Å². The number of nitrogens with zero attached hydrogens (tertiary/aromatic N) is 3. The highest BCUT2D eigenvalue weighted by molar-refractivity contribution is 5.88. The molecule has 0 bridgehead atoms. The molecule has 0 radical (unpaired) electrons. The fourth-order valence-corrected chi connectivity index (χ4v) is 2.91. The Labute approximate surface area is 144 Å². The maximum Gasteiger partial charge on any atom is 0.409 e. The zero-order chi connectivity index (χ0) is 17.8. The molecule has 2 heterocycles. The second kappa shape index (κ2) is 7.33. The topological polar surface area (TPSA) is 95.6 Å². The molecule has 8 heteroatoms. The summed E-state index contributed by atoms with van der Waals surface area (Å²) in [5.74, 6) is -0.0757. The lowest BCUT2D eigenvalue weighted by molar-refractivity contribution is -0.132. The third kappa shape index (κ3) is 3.62. The van der Waals surface area contributed by atoms with Crippen LogP contribution >= 0.6 is 0 Å². The zero-order valence-electron chi connectivity index (χ0n) is 14.0. The Hall–Kier alpha value is -2.90. The third-order valence-electron chi connectivity index (χ3n) is 4.25. The van der Waals surface area contributed by atoms with Crippen molar-refractivity contribution in [1.82, 2.24) is 20.0 Å². The molecular formula is C17H20N4O4. The molecule has 1 aromatic carbocycles. The first-order valence-electron chi connectivity index (χ1n) is 8.26. The number of benzene rings is 1. The van der Waals surface area contributed by atoms with Crippen molar-refractivity contribution in [3.63, 3.8) is 0 Å². The Kier molecular flexibility index (Phi) is 4.97. The molecule has 1 aliphatic rings. The fourth-order valence-electron chi connectivity index (χ4n) is 2.91. The van der Waals surface area contributed by atoms with Gasteiger partial charge in [-0.1, -0.05) is 18.2 Å². The average molecular weight is 344 g/mol. The quantitative estimate of drug-likeness (QED) is 0.887. The summed E-state index contributed by atoms with van der Waals surface area (Å²) < 4.78 is 4.97. The molecule has 8 nitrogen and oxygen atoms in total. The van der Waals surface area contributed by atoms with Gasteiger partial charge in [0.25, 0.3) is 5.56 Å². The molecule has 0 aliphatic carbocycles. The van der Waals surface area contributed by atoms with E-state index in [0.717, 1.165) is 0 Å². The second-order valence-corrected chi connectivity index (χ2v) is 5.79. The molecule has 1 fully saturated rings. The summed E-state index contributed by atoms with van der Waals surface area (Å²) in [5, 5.41) is 7.69. The van der Waals surface area contributed by atoms with Crippen LogP contribution in [-0.2, 0) is 16.0 Å². The van der Waals surface area contributed by atoms with Crippen molar-refractivity contribution in [3.05, 3.63) is 40.3 Å². The van der Waals surface area contributed by atoms with E-state index >= 15 is 0 Å². The van der Waals surface area contributed by atoms with E-state index in [2.05, 4.69) is 10.2 Å². The van der Waals surface area contributed by atoms with Crippen LogP contribution in [0.25, 0.3) is 10.8 Å². The summed E-state index contributed by atoms with van der Waals surface area (Å²) in [6.45, 7) is 3.91. The van der Waals surface area contributed by atoms with Gasteiger partial charge in [0.15, 0.2) is 0 Å². The van der Waals surface area contributed by atoms with Crippen LogP contribution in [-0.4, -0.2) is 64.8 Å². The number of carbonyl (C=O) groups excluding carboxylic acids is 2. The summed E-state index contributed by atoms with van der Waals surface area (Å²) in [6, 6.07) is 7.09. The largest absolute Gasteiger partial charge is 0.450 e. The molecule has 1 N–H and O–H groups in total. The molecule has 25 heavy (non-hydrogen) atoms. The Morgan fingerprint density at radius 3 is 2.44 bits per heavy atom. The van der Waals surface area contributed by atoms with Gasteiger partial charge in [-0.3, -0.25) is 9.59 Å². The number of rotatable bonds is 3. The van der Waals surface area contributed by atoms with E-state index in [4.69, 9.17) is 4.74 Å². The Balaban J connectivity index is 1.67. The highest BCUT2D eigenvalue weighted by Crippen LogP contribution is 2.14. The minimum absolute atomic E-state index is 0.0757. The summed E-state index contributed by atoms with van der Waals surface area (Å²) in [5.41, 5.74) is 0.280. The Morgan fingerprint density at radius 1 is 1.12 bits per heavy atom. The van der Waals surface area contributed by atoms with E-state index in [1.165, 1.54) is 0 Å². The van der Waals surface area contributed by atoms with E-state index in [-0.39, 0.29) is 24.0 Å². The SMILES string of the molecule is CCOC(=O)N1CCN(C(=O)Cc2n[nH]c(=O)c3ccccc23)CC1. The van der Waals surface area contributed by atoms with Gasteiger partial charge in [0, 0.05) is 31.6 Å². The molecule has 0 saturated carbocycles. The van der Waals surface area contributed by atoms with Crippen LogP contribution in [0.15, 0.2) is 29.1 Å². The third-order valence-corrected chi connectivity index (χ3v) is 4.25. The number of amides is 2. The number of hydrogen-bond donors (Lipinski definition) is 1. The first-order chi connectivity index (χ1) is 12.1. The predicted molar refractivity (Wildman–Crippen MR) is 91.2 cm³/mol. The average Bonchev–Trinajstić information content (AvgIpc) is 2.64. The van der Waals surface area contributed by atoms with Gasteiger partial charge >= 0.3 is 6.09 Å². The van der Waals surface area contributed by atoms with Crippen LogP contribution in [0.3, 0.4) is 0 Å². The number of fused-ring (bicyclic) bond motifs is 1. The summed E-state index contributed by atoms with van der Waals surface area (Å²) in [6.07, 6.45) is -0.237. The Morgan fingerprint density at radius 2 is 1.76 bits per heavy atom. The number of H-pyrrole nitrogens is 1. The van der Waals surface area contributed by atoms with Crippen molar-refractivity contribution in [2.45, 2.75) is 13.3 Å². The van der Waals surface area contributed by atoms with Crippen LogP contribution in [0.4, 0.5) is 4.79 Å². The number of hydrogen-bond acceptors (Lipinski definition) is 5. The lowest BCUT2D eigenvalue weighted by atomic mass is 10.1. The first-order valence-corrected chi connectivity index (χ1v) is 8.26. The molecule has 0 atom stereocenters. The molecule has 2 amide bonds. The minimum atomic E-state index is -0.345. The second-order valence-electron chi connectivity index (χ2n) is 5.79. The number of ether oxygens (including phenoxy) is 1. The van der Waals surface area contributed by atoms with Crippen LogP contribution in [0.5, 0.6) is 0 Å². The number of aromatic nitrogens is 2. The normalized spacial score (nSPS) is 14.6. The lowest BCUT2D eigenvalue weighted by Crippen LogP contribution is -2.51. The maximum absolute atomic E-state index is 12.6. The number of carbonyl (C=O) groups is 2. The Bertz CT molecular complexity index is 840. The van der Waals surface area contributed by atoms with Crippen LogP contribution in [0, 0.1) is 0 Å². The van der Waals surface area contributed by atoms with Crippen LogP contribution in [0.2, 0.25) is 0 Å². The van der Waals surface area contributed by atoms with Gasteiger partial charge in [-0.2, -0.15) is 5.10 Å². The van der Waals surface area contributed by atoms with Crippen molar-refractivity contribution in [1.29, 1.82) is 0 Å². The van der Waals surface area contributed by atoms with Crippen LogP contribution in [0.1, 0.15) is 12.6 Å². The summed E-state index contributed by atoms with van der Waals surface area (Å²) in [4.78, 5) is 39.4. The maximum atomic E-state index is 12.6. The zero-order valence-corrected chi connectivity index (χ0v) is 14.0. The van der Waals surface area contributed by atoms with Gasteiger partial charge in [-0.25, -0.2) is 9.89 Å². The highest BCUT2D eigenvalue weighted by atomic mass is 16.6. The van der Waals surface area contributed by atoms with Gasteiger partial charge < -0.3 is 14.5 Å². The van der Waals surface area contributed by atoms with E-state index in [0.29, 0.717) is 49.3 Å². The number of aromatic amines is 1. The summed E-state index contributed by atoms with van der Waals surface area (Å²) in [7, 11) is 0. The fraction of sp³-hybridized carbons (Fsp3) is 0.412. The van der Waals surface area contributed by atoms with E-state index in [1.54, 1.807) is 34.9 Å². The number of nitrogens with one attached hydrogen (secondary N) is 1. The summed E-state index contributed by atoms with van der Waals surface area (Å²) >= 11 is 0. The molecule has 1 aliphatic heterocycles. The lowest BCUT2D eigenvalue weighted by Gasteiger charge is -2.34. The van der Waals surface area contributed by atoms with Crippen molar-refractivity contribution >= 4 is 22.8 Å². The highest BCUT2D eigenvalue weighted by Gasteiger charge is 2.25. The van der Waals surface area contributed by atoms with Crippen molar-refractivity contribution in [2.24, 2.45) is 0 Å². The molecule has 1 aromatic heterocycles. The van der Waals surface area contributed by atoms with Gasteiger partial charge in [-0.15, -0.1) is 0 Å². The van der Waals surface area contributed by atoms with Gasteiger partial charge in [0.05, 0.1) is 24.1 Å². The van der Waals surface area contributed by atoms with E-state index in [1.807, 2.05) is 6.07 Å². The molecule has 132 valence electrons. The predicted octanol–water partition coefficient (Wildman–Crippen LogP) is 0.766. The standard InChI is InChI=1S/C17H20N4O4/c1-2-25-17(24)21-9-7-20(8-10-21)15(22)11-14-12-5-3-4-6-13(12)16(23)19-18-14/h3-6H,2,7-11H2,1H3,(H,19,23). The molecule has 3 rings (SSSR count). The molecule has 2 aromatic rings. The molecular weight excluding hydrogens is 324 g/mol. The minimum Gasteiger partial charge on any atom is -0.450 e. The molecule has 0 unspecified atom stereocenters. The van der Waals surface area contributed by atoms with Crippen molar-refractivity contribution in [2.75, 3.05) is 32.8 Å². The van der Waals surface area contributed by atoms with Gasteiger partial charge in [0.1, 0.15) is 0 Å². The van der Waals surface area contributed by atoms with Crippen LogP contribution < -0.4 is 5.56 Å². The van der Waals surface area contributed by atoms with E-state index in [9.17, 15) is 14.4 Å². The van der Waals surface area contributed by atoms with Crippen molar-refractivity contribution in [3.8, 4) is 0 Å². The molecule has 0 spiro atoms. The number of piperazine rings is 1. The van der Waals surface area contributed by atoms with Gasteiger partial charge in [-0.05, 0) is 13.0 Å². The smallest absolute Gasteiger partial charge is 0.409 e. The molecule has 1 saturated heterocycles. The van der Waals surface area contributed by atoms with Crippen molar-refractivity contribution < 1.29 is 14.3 Å².